The molecule has 0 saturated heterocycles. The number of amides is 2. The number of nitrogens with one attached hydrogen (secondary N) is 4. The first-order chi connectivity index (χ1) is 16.9. The maximum atomic E-state index is 12.8. The molecule has 2 heterocycles. The van der Waals surface area contributed by atoms with E-state index in [9.17, 15) is 4.79 Å². The average molecular weight is 526 g/mol. The summed E-state index contributed by atoms with van der Waals surface area (Å²) in [6.07, 6.45) is 2.98. The fourth-order valence-electron chi connectivity index (χ4n) is 3.75. The lowest BCUT2D eigenvalue weighted by Gasteiger charge is -2.16. The van der Waals surface area contributed by atoms with Gasteiger partial charge in [-0.3, -0.25) is 0 Å². The van der Waals surface area contributed by atoms with Crippen LogP contribution in [0.4, 0.5) is 39.3 Å². The number of aromatic nitrogens is 2. The molecule has 176 valence electrons. The van der Waals surface area contributed by atoms with Gasteiger partial charge in [-0.25, -0.2) is 9.78 Å². The number of benzene rings is 3. The second kappa shape index (κ2) is 10.00. The summed E-state index contributed by atoms with van der Waals surface area (Å²) in [6.45, 7) is 0. The van der Waals surface area contributed by atoms with E-state index >= 15 is 0 Å². The summed E-state index contributed by atoms with van der Waals surface area (Å²) in [5.41, 5.74) is 4.71. The van der Waals surface area contributed by atoms with Gasteiger partial charge in [0.1, 0.15) is 5.02 Å². The van der Waals surface area contributed by atoms with Crippen LogP contribution in [0.15, 0.2) is 66.9 Å². The number of para-hydroxylation sites is 1. The highest BCUT2D eigenvalue weighted by Gasteiger charge is 2.14. The van der Waals surface area contributed by atoms with Gasteiger partial charge in [-0.05, 0) is 66.4 Å². The van der Waals surface area contributed by atoms with Crippen LogP contribution < -0.4 is 21.3 Å². The minimum atomic E-state index is -0.449. The Morgan fingerprint density at radius 3 is 2.43 bits per heavy atom. The summed E-state index contributed by atoms with van der Waals surface area (Å²) in [5, 5.41) is 13.2. The van der Waals surface area contributed by atoms with Crippen molar-refractivity contribution in [2.45, 2.75) is 12.8 Å². The Kier molecular flexibility index (Phi) is 6.63. The van der Waals surface area contributed by atoms with E-state index in [4.69, 9.17) is 34.8 Å². The monoisotopic (exact) mass is 524 g/mol. The van der Waals surface area contributed by atoms with Crippen molar-refractivity contribution in [3.05, 3.63) is 93.1 Å². The molecule has 0 saturated carbocycles. The predicted octanol–water partition coefficient (Wildman–Crippen LogP) is 7.67. The number of fused-ring (bicyclic) bond motifs is 6. The molecule has 0 fully saturated rings. The Hall–Kier alpha value is -3.52. The second-order valence-electron chi connectivity index (χ2n) is 7.89. The number of anilines is 6. The van der Waals surface area contributed by atoms with Crippen LogP contribution in [0.1, 0.15) is 11.1 Å². The van der Waals surface area contributed by atoms with Crippen LogP contribution in [-0.2, 0) is 12.8 Å². The van der Waals surface area contributed by atoms with E-state index in [2.05, 4.69) is 37.3 Å². The molecule has 0 unspecified atom stereocenters. The fraction of sp³-hybridized carbons (Fsp3) is 0.0800. The number of urea groups is 1. The Labute approximate surface area is 216 Å². The highest BCUT2D eigenvalue weighted by Crippen LogP contribution is 2.31. The Balaban J connectivity index is 1.47. The Morgan fingerprint density at radius 2 is 1.60 bits per heavy atom. The quantitative estimate of drug-likeness (QED) is 0.216. The number of hydrogen-bond donors (Lipinski definition) is 4. The number of aryl methyl sites for hydroxylation is 2. The highest BCUT2D eigenvalue weighted by atomic mass is 35.5. The molecule has 1 aromatic heterocycles. The number of nitrogens with zero attached hydrogens (tertiary/aromatic N) is 2. The van der Waals surface area contributed by atoms with Gasteiger partial charge < -0.3 is 21.3 Å². The third kappa shape index (κ3) is 5.43. The SMILES string of the molecule is O=C(Nc1ccc2cc1CCc1cccc(c1)Nc1ncc(Cl)c(n1)N2)Nc1c(Cl)cccc1Cl. The van der Waals surface area contributed by atoms with E-state index in [0.717, 1.165) is 28.9 Å². The van der Waals surface area contributed by atoms with E-state index < -0.39 is 6.03 Å². The molecule has 7 nitrogen and oxygen atoms in total. The molecule has 1 aliphatic heterocycles. The average Bonchev–Trinajstić information content (AvgIpc) is 2.84. The lowest BCUT2D eigenvalue weighted by atomic mass is 10.0. The van der Waals surface area contributed by atoms with E-state index in [1.54, 1.807) is 24.4 Å². The van der Waals surface area contributed by atoms with Crippen LogP contribution in [0.3, 0.4) is 0 Å². The minimum absolute atomic E-state index is 0.352. The predicted molar refractivity (Wildman–Crippen MR) is 143 cm³/mol. The molecule has 2 amide bonds. The molecule has 35 heavy (non-hydrogen) atoms. The fourth-order valence-corrected chi connectivity index (χ4v) is 4.38. The van der Waals surface area contributed by atoms with Crippen LogP contribution >= 0.6 is 34.8 Å². The van der Waals surface area contributed by atoms with Crippen LogP contribution in [0, 0.1) is 0 Å². The largest absolute Gasteiger partial charge is 0.339 e. The normalized spacial score (nSPS) is 12.2. The zero-order valence-electron chi connectivity index (χ0n) is 18.2. The van der Waals surface area contributed by atoms with Crippen LogP contribution in [0.25, 0.3) is 0 Å². The maximum Gasteiger partial charge on any atom is 0.323 e. The summed E-state index contributed by atoms with van der Waals surface area (Å²) in [5.74, 6) is 0.902. The molecule has 0 atom stereocenters. The molecular formula is C25H19Cl3N6O. The van der Waals surface area contributed by atoms with Gasteiger partial charge in [0, 0.05) is 17.1 Å². The summed E-state index contributed by atoms with van der Waals surface area (Å²) in [4.78, 5) is 21.6. The van der Waals surface area contributed by atoms with Crippen LogP contribution in [0.2, 0.25) is 15.1 Å². The zero-order valence-corrected chi connectivity index (χ0v) is 20.5. The molecule has 0 radical (unpaired) electrons. The summed E-state index contributed by atoms with van der Waals surface area (Å²) in [7, 11) is 0. The topological polar surface area (TPSA) is 91.0 Å². The molecule has 0 aliphatic carbocycles. The van der Waals surface area contributed by atoms with Crippen LogP contribution in [-0.4, -0.2) is 16.0 Å². The molecule has 4 aromatic rings. The lowest BCUT2D eigenvalue weighted by Crippen LogP contribution is -2.21. The van der Waals surface area contributed by atoms with Gasteiger partial charge in [0.2, 0.25) is 5.95 Å². The van der Waals surface area contributed by atoms with E-state index in [0.29, 0.717) is 44.6 Å². The summed E-state index contributed by atoms with van der Waals surface area (Å²) in [6, 6.07) is 18.2. The van der Waals surface area contributed by atoms with E-state index in [1.807, 2.05) is 36.4 Å². The molecule has 4 N–H and O–H groups in total. The minimum Gasteiger partial charge on any atom is -0.339 e. The molecule has 1 aliphatic rings. The van der Waals surface area contributed by atoms with Crippen molar-refractivity contribution in [2.75, 3.05) is 21.3 Å². The Morgan fingerprint density at radius 1 is 0.829 bits per heavy atom. The first-order valence-electron chi connectivity index (χ1n) is 10.7. The molecule has 0 spiro atoms. The third-order valence-corrected chi connectivity index (χ3v) is 6.33. The number of hydrogen-bond acceptors (Lipinski definition) is 5. The van der Waals surface area contributed by atoms with Gasteiger partial charge >= 0.3 is 6.03 Å². The summed E-state index contributed by atoms with van der Waals surface area (Å²) < 4.78 is 0. The van der Waals surface area contributed by atoms with Gasteiger partial charge in [-0.15, -0.1) is 0 Å². The maximum absolute atomic E-state index is 12.8. The first-order valence-corrected chi connectivity index (χ1v) is 11.9. The number of halogens is 3. The van der Waals surface area contributed by atoms with Gasteiger partial charge in [0.25, 0.3) is 0 Å². The second-order valence-corrected chi connectivity index (χ2v) is 9.11. The first kappa shape index (κ1) is 23.2. The highest BCUT2D eigenvalue weighted by molar-refractivity contribution is 6.39. The van der Waals surface area contributed by atoms with Gasteiger partial charge in [0.05, 0.1) is 21.9 Å². The summed E-state index contributed by atoms with van der Waals surface area (Å²) >= 11 is 18.7. The smallest absolute Gasteiger partial charge is 0.323 e. The van der Waals surface area contributed by atoms with Crippen molar-refractivity contribution in [1.29, 1.82) is 0 Å². The number of carbonyl (C=O) groups is 1. The molecule has 10 heteroatoms. The third-order valence-electron chi connectivity index (χ3n) is 5.43. The van der Waals surface area contributed by atoms with Gasteiger partial charge in [-0.1, -0.05) is 53.0 Å². The standard InChI is InChI=1S/C25H19Cl3N6O/c26-18-5-2-6-19(27)22(18)33-25(35)32-21-10-9-17-12-15(21)8-7-14-3-1-4-16(11-14)31-24-29-13-20(28)23(30-17)34-24/h1-6,9-13H,7-8H2,(H2,32,33,35)(H2,29,30,31,34). The van der Waals surface area contributed by atoms with Crippen molar-refractivity contribution in [1.82, 2.24) is 9.97 Å². The number of carbonyl (C=O) groups excluding carboxylic acids is 1. The molecule has 5 rings (SSSR count). The zero-order chi connectivity index (χ0) is 24.4. The van der Waals surface area contributed by atoms with Gasteiger partial charge in [0.15, 0.2) is 5.82 Å². The van der Waals surface area contributed by atoms with Crippen molar-refractivity contribution >= 4 is 75.3 Å². The lowest BCUT2D eigenvalue weighted by molar-refractivity contribution is 0.262. The number of rotatable bonds is 2. The molecular weight excluding hydrogens is 507 g/mol. The van der Waals surface area contributed by atoms with Crippen molar-refractivity contribution in [3.8, 4) is 0 Å². The van der Waals surface area contributed by atoms with Crippen molar-refractivity contribution in [2.24, 2.45) is 0 Å². The van der Waals surface area contributed by atoms with E-state index in [-0.39, 0.29) is 0 Å². The van der Waals surface area contributed by atoms with E-state index in [1.165, 1.54) is 0 Å². The molecule has 3 aromatic carbocycles. The van der Waals surface area contributed by atoms with Crippen molar-refractivity contribution in [3.63, 3.8) is 0 Å². The van der Waals surface area contributed by atoms with Crippen molar-refractivity contribution < 1.29 is 4.79 Å². The molecule has 6 bridgehead atoms. The Bertz CT molecular complexity index is 1410. The van der Waals surface area contributed by atoms with Gasteiger partial charge in [-0.2, -0.15) is 4.98 Å². The van der Waals surface area contributed by atoms with Crippen LogP contribution in [0.5, 0.6) is 0 Å².